The molecule has 5 heteroatoms. The van der Waals surface area contributed by atoms with Crippen molar-refractivity contribution in [2.45, 2.75) is 13.8 Å². The van der Waals surface area contributed by atoms with E-state index in [0.717, 1.165) is 28.4 Å². The average Bonchev–Trinajstić information content (AvgIpc) is 2.83. The molecule has 0 spiro atoms. The van der Waals surface area contributed by atoms with Gasteiger partial charge in [0.15, 0.2) is 0 Å². The lowest BCUT2D eigenvalue weighted by atomic mass is 10.3. The minimum absolute atomic E-state index is 0.737. The van der Waals surface area contributed by atoms with E-state index in [0.29, 0.717) is 0 Å². The summed E-state index contributed by atoms with van der Waals surface area (Å²) in [7, 11) is 1.90. The van der Waals surface area contributed by atoms with Gasteiger partial charge in [0.1, 0.15) is 0 Å². The molecule has 3 heterocycles. The predicted molar refractivity (Wildman–Crippen MR) is 64.7 cm³/mol. The summed E-state index contributed by atoms with van der Waals surface area (Å²) < 4.78 is 3.76. The summed E-state index contributed by atoms with van der Waals surface area (Å²) in [5, 5.41) is 4.15. The van der Waals surface area contributed by atoms with Gasteiger partial charge in [-0.15, -0.1) is 0 Å². The van der Waals surface area contributed by atoms with Crippen LogP contribution in [0.1, 0.15) is 11.4 Å². The third kappa shape index (κ3) is 1.60. The smallest absolute Gasteiger partial charge is 0.234 e. The van der Waals surface area contributed by atoms with Crippen LogP contribution >= 0.6 is 0 Å². The molecule has 3 aromatic heterocycles. The topological polar surface area (TPSA) is 48.0 Å². The summed E-state index contributed by atoms with van der Waals surface area (Å²) in [6, 6.07) is 2.04. The summed E-state index contributed by atoms with van der Waals surface area (Å²) in [6.07, 6.45) is 5.75. The molecule has 0 N–H and O–H groups in total. The fourth-order valence-electron chi connectivity index (χ4n) is 1.96. The standard InChI is InChI=1S/C12H13N5/c1-8-4-9(2)17-7-11(15-12(17)14-8)10-5-13-16(3)6-10/h4-7H,1-3H3. The molecule has 0 aromatic carbocycles. The van der Waals surface area contributed by atoms with Crippen LogP contribution in [-0.2, 0) is 7.05 Å². The highest BCUT2D eigenvalue weighted by atomic mass is 15.2. The van der Waals surface area contributed by atoms with Gasteiger partial charge in [0.05, 0.1) is 11.9 Å². The molecule has 0 aliphatic rings. The van der Waals surface area contributed by atoms with Gasteiger partial charge in [0, 0.05) is 36.4 Å². The van der Waals surface area contributed by atoms with Crippen LogP contribution in [0.4, 0.5) is 0 Å². The zero-order valence-electron chi connectivity index (χ0n) is 10.0. The molecule has 0 unspecified atom stereocenters. The predicted octanol–water partition coefficient (Wildman–Crippen LogP) is 1.75. The van der Waals surface area contributed by atoms with Gasteiger partial charge < -0.3 is 0 Å². The van der Waals surface area contributed by atoms with Crippen molar-refractivity contribution in [2.75, 3.05) is 0 Å². The largest absolute Gasteiger partial charge is 0.288 e. The van der Waals surface area contributed by atoms with E-state index < -0.39 is 0 Å². The Balaban J connectivity index is 2.23. The first-order valence-electron chi connectivity index (χ1n) is 5.46. The van der Waals surface area contributed by atoms with E-state index in [-0.39, 0.29) is 0 Å². The first kappa shape index (κ1) is 10.0. The van der Waals surface area contributed by atoms with Gasteiger partial charge >= 0.3 is 0 Å². The van der Waals surface area contributed by atoms with Crippen LogP contribution in [0, 0.1) is 13.8 Å². The van der Waals surface area contributed by atoms with Crippen LogP contribution in [0.5, 0.6) is 0 Å². The Kier molecular flexibility index (Phi) is 2.01. The first-order chi connectivity index (χ1) is 8.13. The average molecular weight is 227 g/mol. The van der Waals surface area contributed by atoms with Gasteiger partial charge in [-0.2, -0.15) is 5.10 Å². The summed E-state index contributed by atoms with van der Waals surface area (Å²) in [5.41, 5.74) is 4.03. The Morgan fingerprint density at radius 3 is 2.65 bits per heavy atom. The highest BCUT2D eigenvalue weighted by Gasteiger charge is 2.08. The van der Waals surface area contributed by atoms with Gasteiger partial charge in [0.25, 0.3) is 0 Å². The van der Waals surface area contributed by atoms with E-state index in [2.05, 4.69) is 22.0 Å². The molecule has 0 saturated heterocycles. The van der Waals surface area contributed by atoms with E-state index in [1.54, 1.807) is 4.68 Å². The molecular formula is C12H13N5. The van der Waals surface area contributed by atoms with Crippen molar-refractivity contribution < 1.29 is 0 Å². The van der Waals surface area contributed by atoms with Gasteiger partial charge in [-0.25, -0.2) is 9.97 Å². The van der Waals surface area contributed by atoms with Crippen molar-refractivity contribution in [1.29, 1.82) is 0 Å². The molecule has 0 amide bonds. The number of fused-ring (bicyclic) bond motifs is 1. The lowest BCUT2D eigenvalue weighted by Crippen LogP contribution is -1.94. The first-order valence-corrected chi connectivity index (χ1v) is 5.46. The molecule has 0 radical (unpaired) electrons. The van der Waals surface area contributed by atoms with E-state index >= 15 is 0 Å². The molecule has 0 fully saturated rings. The Morgan fingerprint density at radius 2 is 1.94 bits per heavy atom. The van der Waals surface area contributed by atoms with Crippen molar-refractivity contribution in [3.05, 3.63) is 36.0 Å². The molecule has 3 aromatic rings. The van der Waals surface area contributed by atoms with Crippen molar-refractivity contribution in [1.82, 2.24) is 24.1 Å². The third-order valence-electron chi connectivity index (χ3n) is 2.76. The zero-order valence-corrected chi connectivity index (χ0v) is 10.0. The van der Waals surface area contributed by atoms with Gasteiger partial charge in [-0.05, 0) is 19.9 Å². The van der Waals surface area contributed by atoms with E-state index in [1.165, 1.54) is 0 Å². The van der Waals surface area contributed by atoms with Crippen LogP contribution in [-0.4, -0.2) is 24.1 Å². The van der Waals surface area contributed by atoms with Crippen LogP contribution in [0.3, 0.4) is 0 Å². The molecule has 86 valence electrons. The number of nitrogens with zero attached hydrogens (tertiary/aromatic N) is 5. The molecule has 0 aliphatic heterocycles. The summed E-state index contributed by atoms with van der Waals surface area (Å²) >= 11 is 0. The number of imidazole rings is 1. The second-order valence-electron chi connectivity index (χ2n) is 4.24. The number of rotatable bonds is 1. The van der Waals surface area contributed by atoms with Crippen molar-refractivity contribution in [3.63, 3.8) is 0 Å². The molecule has 17 heavy (non-hydrogen) atoms. The Hall–Kier alpha value is -2.17. The number of hydrogen-bond acceptors (Lipinski definition) is 3. The van der Waals surface area contributed by atoms with E-state index in [9.17, 15) is 0 Å². The fraction of sp³-hybridized carbons (Fsp3) is 0.250. The van der Waals surface area contributed by atoms with Gasteiger partial charge in [0.2, 0.25) is 5.78 Å². The maximum atomic E-state index is 4.52. The Bertz CT molecular complexity index is 692. The van der Waals surface area contributed by atoms with Gasteiger partial charge in [-0.3, -0.25) is 9.08 Å². The Morgan fingerprint density at radius 1 is 1.12 bits per heavy atom. The molecule has 0 saturated carbocycles. The molecular weight excluding hydrogens is 214 g/mol. The fourth-order valence-corrected chi connectivity index (χ4v) is 1.96. The van der Waals surface area contributed by atoms with Crippen molar-refractivity contribution in [3.8, 4) is 11.3 Å². The second-order valence-corrected chi connectivity index (χ2v) is 4.24. The SMILES string of the molecule is Cc1cc(C)n2cc(-c3cnn(C)c3)nc2n1. The molecule has 5 nitrogen and oxygen atoms in total. The van der Waals surface area contributed by atoms with Crippen LogP contribution in [0.2, 0.25) is 0 Å². The number of aromatic nitrogens is 5. The van der Waals surface area contributed by atoms with Crippen LogP contribution < -0.4 is 0 Å². The normalized spacial score (nSPS) is 11.2. The molecule has 0 atom stereocenters. The van der Waals surface area contributed by atoms with Crippen molar-refractivity contribution in [2.24, 2.45) is 7.05 Å². The maximum absolute atomic E-state index is 4.52. The van der Waals surface area contributed by atoms with E-state index in [4.69, 9.17) is 0 Å². The minimum atomic E-state index is 0.737. The third-order valence-corrected chi connectivity index (χ3v) is 2.76. The summed E-state index contributed by atoms with van der Waals surface area (Å²) in [6.45, 7) is 4.03. The quantitative estimate of drug-likeness (QED) is 0.636. The second kappa shape index (κ2) is 3.41. The minimum Gasteiger partial charge on any atom is -0.288 e. The van der Waals surface area contributed by atoms with Crippen LogP contribution in [0.15, 0.2) is 24.7 Å². The van der Waals surface area contributed by atoms with Crippen molar-refractivity contribution >= 4 is 5.78 Å². The summed E-state index contributed by atoms with van der Waals surface area (Å²) in [5.74, 6) is 0.737. The lowest BCUT2D eigenvalue weighted by molar-refractivity contribution is 0.768. The number of aryl methyl sites for hydroxylation is 3. The van der Waals surface area contributed by atoms with E-state index in [1.807, 2.05) is 43.0 Å². The molecule has 0 bridgehead atoms. The Labute approximate surface area is 98.7 Å². The monoisotopic (exact) mass is 227 g/mol. The zero-order chi connectivity index (χ0) is 12.0. The highest BCUT2D eigenvalue weighted by Crippen LogP contribution is 2.18. The lowest BCUT2D eigenvalue weighted by Gasteiger charge is -1.98. The molecule has 0 aliphatic carbocycles. The van der Waals surface area contributed by atoms with Gasteiger partial charge in [-0.1, -0.05) is 0 Å². The summed E-state index contributed by atoms with van der Waals surface area (Å²) in [4.78, 5) is 8.93. The number of hydrogen-bond donors (Lipinski definition) is 0. The maximum Gasteiger partial charge on any atom is 0.234 e. The highest BCUT2D eigenvalue weighted by molar-refractivity contribution is 5.59. The van der Waals surface area contributed by atoms with Crippen LogP contribution in [0.25, 0.3) is 17.0 Å². The molecule has 3 rings (SSSR count).